The van der Waals surface area contributed by atoms with Gasteiger partial charge in [0.25, 0.3) is 0 Å². The molecular formula is C9H8N6S2. The van der Waals surface area contributed by atoms with Crippen LogP contribution in [0.3, 0.4) is 0 Å². The molecule has 6 nitrogen and oxygen atoms in total. The van der Waals surface area contributed by atoms with Gasteiger partial charge in [0.2, 0.25) is 5.13 Å². The summed E-state index contributed by atoms with van der Waals surface area (Å²) in [5.74, 6) is 0. The molecule has 0 atom stereocenters. The minimum atomic E-state index is 0.492. The zero-order chi connectivity index (χ0) is 12.3. The Kier molecular flexibility index (Phi) is 3.51. The molecule has 0 aliphatic carbocycles. The highest BCUT2D eigenvalue weighted by molar-refractivity contribution is 8.01. The standard InChI is InChI=1S/C9H8N6S2/c1-15(2)8-13-14-9(17-8)16-7-6(5-10)3-4-11-12-7/h3-4H,1-2H3. The van der Waals surface area contributed by atoms with E-state index in [1.54, 1.807) is 6.07 Å². The predicted octanol–water partition coefficient (Wildman–Crippen LogP) is 1.42. The summed E-state index contributed by atoms with van der Waals surface area (Å²) >= 11 is 2.74. The molecule has 2 aromatic heterocycles. The van der Waals surface area contributed by atoms with Crippen molar-refractivity contribution < 1.29 is 0 Å². The highest BCUT2D eigenvalue weighted by atomic mass is 32.2. The second-order valence-electron chi connectivity index (χ2n) is 3.21. The summed E-state index contributed by atoms with van der Waals surface area (Å²) in [6, 6.07) is 3.70. The number of rotatable bonds is 3. The largest absolute Gasteiger partial charge is 0.353 e. The molecule has 0 unspecified atom stereocenters. The van der Waals surface area contributed by atoms with Gasteiger partial charge < -0.3 is 4.90 Å². The van der Waals surface area contributed by atoms with Crippen LogP contribution < -0.4 is 4.90 Å². The third-order valence-corrected chi connectivity index (χ3v) is 3.91. The van der Waals surface area contributed by atoms with E-state index in [2.05, 4.69) is 26.5 Å². The molecule has 2 aromatic rings. The monoisotopic (exact) mass is 264 g/mol. The summed E-state index contributed by atoms with van der Waals surface area (Å²) in [4.78, 5) is 1.88. The second kappa shape index (κ2) is 5.07. The molecule has 0 amide bonds. The maximum atomic E-state index is 8.92. The molecule has 0 saturated heterocycles. The lowest BCUT2D eigenvalue weighted by Crippen LogP contribution is -2.07. The lowest BCUT2D eigenvalue weighted by molar-refractivity contribution is 0.914. The zero-order valence-corrected chi connectivity index (χ0v) is 10.8. The first-order chi connectivity index (χ1) is 8.20. The third kappa shape index (κ3) is 2.69. The van der Waals surface area contributed by atoms with Gasteiger partial charge in [-0.05, 0) is 17.8 Å². The Morgan fingerprint density at radius 3 is 2.82 bits per heavy atom. The molecule has 0 aromatic carbocycles. The highest BCUT2D eigenvalue weighted by Crippen LogP contribution is 2.32. The van der Waals surface area contributed by atoms with E-state index in [0.29, 0.717) is 10.6 Å². The van der Waals surface area contributed by atoms with Crippen LogP contribution in [0.25, 0.3) is 0 Å². The van der Waals surface area contributed by atoms with E-state index in [4.69, 9.17) is 5.26 Å². The van der Waals surface area contributed by atoms with Crippen molar-refractivity contribution in [3.63, 3.8) is 0 Å². The van der Waals surface area contributed by atoms with Gasteiger partial charge in [-0.3, -0.25) is 0 Å². The van der Waals surface area contributed by atoms with Gasteiger partial charge in [0.05, 0.1) is 11.8 Å². The summed E-state index contributed by atoms with van der Waals surface area (Å²) < 4.78 is 0.741. The van der Waals surface area contributed by atoms with E-state index in [1.165, 1.54) is 29.3 Å². The lowest BCUT2D eigenvalue weighted by Gasteiger charge is -2.03. The van der Waals surface area contributed by atoms with Gasteiger partial charge in [-0.15, -0.1) is 15.3 Å². The molecule has 0 N–H and O–H groups in total. The van der Waals surface area contributed by atoms with Gasteiger partial charge in [0.15, 0.2) is 4.34 Å². The Balaban J connectivity index is 2.23. The van der Waals surface area contributed by atoms with Crippen molar-refractivity contribution in [2.75, 3.05) is 19.0 Å². The molecule has 0 bridgehead atoms. The maximum Gasteiger partial charge on any atom is 0.208 e. The second-order valence-corrected chi connectivity index (χ2v) is 5.40. The average molecular weight is 264 g/mol. The summed E-state index contributed by atoms with van der Waals surface area (Å²) in [5, 5.41) is 26.0. The molecular weight excluding hydrogens is 256 g/mol. The Morgan fingerprint density at radius 1 is 1.35 bits per heavy atom. The maximum absolute atomic E-state index is 8.92. The minimum Gasteiger partial charge on any atom is -0.353 e. The van der Waals surface area contributed by atoms with Gasteiger partial charge >= 0.3 is 0 Å². The number of nitriles is 1. The smallest absolute Gasteiger partial charge is 0.208 e. The number of anilines is 1. The average Bonchev–Trinajstić information content (AvgIpc) is 2.78. The highest BCUT2D eigenvalue weighted by Gasteiger charge is 2.11. The van der Waals surface area contributed by atoms with E-state index >= 15 is 0 Å². The van der Waals surface area contributed by atoms with Crippen LogP contribution in [0.1, 0.15) is 5.56 Å². The van der Waals surface area contributed by atoms with Crippen LogP contribution in [0.5, 0.6) is 0 Å². The molecule has 2 heterocycles. The topological polar surface area (TPSA) is 78.6 Å². The van der Waals surface area contributed by atoms with E-state index in [1.807, 2.05) is 19.0 Å². The Morgan fingerprint density at radius 2 is 2.18 bits per heavy atom. The van der Waals surface area contributed by atoms with Crippen LogP contribution in [0.15, 0.2) is 21.6 Å². The van der Waals surface area contributed by atoms with Crippen molar-refractivity contribution in [3.8, 4) is 6.07 Å². The Labute approximate surface area is 106 Å². The molecule has 0 spiro atoms. The summed E-state index contributed by atoms with van der Waals surface area (Å²) in [5.41, 5.74) is 0.492. The Hall–Kier alpha value is -1.72. The Bertz CT molecular complexity index is 559. The molecule has 8 heteroatoms. The number of hydrogen-bond acceptors (Lipinski definition) is 8. The molecule has 86 valence electrons. The van der Waals surface area contributed by atoms with Gasteiger partial charge in [0, 0.05) is 14.1 Å². The molecule has 0 aliphatic rings. The normalized spacial score (nSPS) is 9.94. The van der Waals surface area contributed by atoms with Crippen molar-refractivity contribution in [3.05, 3.63) is 17.8 Å². The first-order valence-corrected chi connectivity index (χ1v) is 6.24. The van der Waals surface area contributed by atoms with Crippen molar-refractivity contribution in [2.24, 2.45) is 0 Å². The summed E-state index contributed by atoms with van der Waals surface area (Å²) in [6.45, 7) is 0. The van der Waals surface area contributed by atoms with Crippen LogP contribution >= 0.6 is 23.1 Å². The van der Waals surface area contributed by atoms with Gasteiger partial charge in [-0.25, -0.2) is 0 Å². The van der Waals surface area contributed by atoms with Gasteiger partial charge in [-0.1, -0.05) is 11.3 Å². The van der Waals surface area contributed by atoms with Gasteiger partial charge in [0.1, 0.15) is 11.1 Å². The zero-order valence-electron chi connectivity index (χ0n) is 9.15. The fourth-order valence-corrected chi connectivity index (χ4v) is 2.67. The van der Waals surface area contributed by atoms with Crippen molar-refractivity contribution in [1.29, 1.82) is 5.26 Å². The van der Waals surface area contributed by atoms with E-state index < -0.39 is 0 Å². The molecule has 17 heavy (non-hydrogen) atoms. The van der Waals surface area contributed by atoms with Crippen LogP contribution in [-0.4, -0.2) is 34.5 Å². The summed E-state index contributed by atoms with van der Waals surface area (Å²) in [7, 11) is 3.80. The van der Waals surface area contributed by atoms with Crippen molar-refractivity contribution in [1.82, 2.24) is 20.4 Å². The lowest BCUT2D eigenvalue weighted by atomic mass is 10.3. The van der Waals surface area contributed by atoms with E-state index in [-0.39, 0.29) is 0 Å². The number of aromatic nitrogens is 4. The predicted molar refractivity (Wildman–Crippen MR) is 65.1 cm³/mol. The fraction of sp³-hybridized carbons (Fsp3) is 0.222. The van der Waals surface area contributed by atoms with Crippen LogP contribution in [0.4, 0.5) is 5.13 Å². The first kappa shape index (κ1) is 11.8. The molecule has 2 rings (SSSR count). The molecule has 0 fully saturated rings. The number of nitrogens with zero attached hydrogens (tertiary/aromatic N) is 6. The SMILES string of the molecule is CN(C)c1nnc(Sc2nnccc2C#N)s1. The first-order valence-electron chi connectivity index (χ1n) is 4.61. The minimum absolute atomic E-state index is 0.492. The molecule has 0 saturated carbocycles. The van der Waals surface area contributed by atoms with Gasteiger partial charge in [-0.2, -0.15) is 10.4 Å². The third-order valence-electron chi connectivity index (χ3n) is 1.77. The quantitative estimate of drug-likeness (QED) is 0.829. The van der Waals surface area contributed by atoms with Crippen LogP contribution in [-0.2, 0) is 0 Å². The van der Waals surface area contributed by atoms with Crippen molar-refractivity contribution in [2.45, 2.75) is 9.37 Å². The van der Waals surface area contributed by atoms with E-state index in [0.717, 1.165) is 9.47 Å². The van der Waals surface area contributed by atoms with E-state index in [9.17, 15) is 0 Å². The summed E-state index contributed by atoms with van der Waals surface area (Å²) in [6.07, 6.45) is 1.49. The van der Waals surface area contributed by atoms with Crippen LogP contribution in [0.2, 0.25) is 0 Å². The number of hydrogen-bond donors (Lipinski definition) is 0. The molecule has 0 aliphatic heterocycles. The molecule has 0 radical (unpaired) electrons. The van der Waals surface area contributed by atoms with Crippen LogP contribution in [0, 0.1) is 11.3 Å². The fourth-order valence-electron chi connectivity index (χ4n) is 0.986. The van der Waals surface area contributed by atoms with Crippen molar-refractivity contribution >= 4 is 28.2 Å².